The number of nitrogens with zero attached hydrogens (tertiary/aromatic N) is 2. The van der Waals surface area contributed by atoms with Gasteiger partial charge in [0.05, 0.1) is 11.9 Å². The van der Waals surface area contributed by atoms with E-state index in [0.717, 1.165) is 24.1 Å². The molecule has 0 saturated carbocycles. The summed E-state index contributed by atoms with van der Waals surface area (Å²) >= 11 is 13.5. The second-order valence-corrected chi connectivity index (χ2v) is 9.74. The second kappa shape index (κ2) is 11.3. The van der Waals surface area contributed by atoms with Gasteiger partial charge in [-0.25, -0.2) is 4.98 Å². The number of rotatable bonds is 10. The van der Waals surface area contributed by atoms with Crippen molar-refractivity contribution in [1.82, 2.24) is 14.9 Å². The highest BCUT2D eigenvalue weighted by Gasteiger charge is 2.17. The summed E-state index contributed by atoms with van der Waals surface area (Å²) in [5.74, 6) is 1.21. The zero-order valence-electron chi connectivity index (χ0n) is 18.6. The van der Waals surface area contributed by atoms with Gasteiger partial charge in [0, 0.05) is 27.5 Å². The number of benzene rings is 2. The molecule has 0 aliphatic carbocycles. The third-order valence-corrected chi connectivity index (χ3v) is 6.63. The van der Waals surface area contributed by atoms with Crippen LogP contribution in [0.1, 0.15) is 19.2 Å². The van der Waals surface area contributed by atoms with Crippen LogP contribution in [0.25, 0.3) is 21.3 Å². The maximum Gasteiger partial charge on any atom is 0.260 e. The molecule has 6 nitrogen and oxygen atoms in total. The topological polar surface area (TPSA) is 78.5 Å². The molecule has 0 fully saturated rings. The molecule has 34 heavy (non-hydrogen) atoms. The molecular weight excluding hydrogens is 493 g/mol. The Morgan fingerprint density at radius 3 is 2.71 bits per heavy atom. The van der Waals surface area contributed by atoms with E-state index in [4.69, 9.17) is 32.9 Å². The highest BCUT2D eigenvalue weighted by atomic mass is 35.5. The number of fused-ring (bicyclic) bond motifs is 1. The summed E-state index contributed by atoms with van der Waals surface area (Å²) in [6.45, 7) is 3.78. The smallest absolute Gasteiger partial charge is 0.260 e. The zero-order chi connectivity index (χ0) is 24.1. The van der Waals surface area contributed by atoms with Crippen LogP contribution in [-0.4, -0.2) is 45.8 Å². The quantitative estimate of drug-likeness (QED) is 0.285. The number of ether oxygens (including phenoxy) is 1. The fraction of sp³-hybridized carbons (Fsp3) is 0.280. The van der Waals surface area contributed by atoms with Crippen molar-refractivity contribution in [2.45, 2.75) is 26.0 Å². The summed E-state index contributed by atoms with van der Waals surface area (Å²) in [7, 11) is 0. The van der Waals surface area contributed by atoms with E-state index in [1.807, 2.05) is 23.6 Å². The Morgan fingerprint density at radius 2 is 1.97 bits per heavy atom. The van der Waals surface area contributed by atoms with E-state index < -0.39 is 6.10 Å². The van der Waals surface area contributed by atoms with Crippen LogP contribution in [0, 0.1) is 0 Å². The van der Waals surface area contributed by atoms with Gasteiger partial charge >= 0.3 is 0 Å². The van der Waals surface area contributed by atoms with Crippen molar-refractivity contribution in [3.63, 3.8) is 0 Å². The van der Waals surface area contributed by atoms with Gasteiger partial charge in [-0.1, -0.05) is 42.3 Å². The van der Waals surface area contributed by atoms with Crippen molar-refractivity contribution in [2.24, 2.45) is 0 Å². The van der Waals surface area contributed by atoms with Gasteiger partial charge in [-0.05, 0) is 54.9 Å². The Labute approximate surface area is 211 Å². The summed E-state index contributed by atoms with van der Waals surface area (Å²) in [4.78, 5) is 23.3. The third kappa shape index (κ3) is 6.17. The van der Waals surface area contributed by atoms with Crippen LogP contribution in [0.3, 0.4) is 0 Å². The van der Waals surface area contributed by atoms with Gasteiger partial charge in [-0.2, -0.15) is 0 Å². The van der Waals surface area contributed by atoms with Crippen LogP contribution in [-0.2, 0) is 6.54 Å². The van der Waals surface area contributed by atoms with Crippen molar-refractivity contribution < 1.29 is 9.84 Å². The van der Waals surface area contributed by atoms with Gasteiger partial charge in [0.1, 0.15) is 29.1 Å². The number of H-pyrrole nitrogens is 1. The highest BCUT2D eigenvalue weighted by Crippen LogP contribution is 2.32. The van der Waals surface area contributed by atoms with Crippen molar-refractivity contribution in [3.8, 4) is 16.9 Å². The molecule has 4 aromatic rings. The lowest BCUT2D eigenvalue weighted by Crippen LogP contribution is -2.36. The maximum atomic E-state index is 13.0. The number of aliphatic hydroxyl groups is 1. The zero-order valence-corrected chi connectivity index (χ0v) is 21.0. The monoisotopic (exact) mass is 517 g/mol. The number of thiophene rings is 1. The lowest BCUT2D eigenvalue weighted by atomic mass is 10.1. The fourth-order valence-corrected chi connectivity index (χ4v) is 5.06. The molecule has 178 valence electrons. The molecule has 9 heteroatoms. The van der Waals surface area contributed by atoms with E-state index in [0.29, 0.717) is 44.9 Å². The number of aromatic amines is 1. The minimum Gasteiger partial charge on any atom is -0.491 e. The van der Waals surface area contributed by atoms with Crippen LogP contribution >= 0.6 is 34.5 Å². The van der Waals surface area contributed by atoms with E-state index in [-0.39, 0.29) is 12.2 Å². The van der Waals surface area contributed by atoms with E-state index in [1.54, 1.807) is 30.3 Å². The molecule has 0 aliphatic heterocycles. The van der Waals surface area contributed by atoms with Gasteiger partial charge < -0.3 is 14.8 Å². The van der Waals surface area contributed by atoms with E-state index in [1.165, 1.54) is 11.3 Å². The molecule has 2 N–H and O–H groups in total. The number of halogens is 2. The molecule has 2 aromatic carbocycles. The third-order valence-electron chi connectivity index (χ3n) is 5.27. The molecular formula is C25H25Cl2N3O3S. The first kappa shape index (κ1) is 24.7. The number of aromatic nitrogens is 2. The molecule has 0 spiro atoms. The first-order chi connectivity index (χ1) is 16.4. The largest absolute Gasteiger partial charge is 0.491 e. The summed E-state index contributed by atoms with van der Waals surface area (Å²) < 4.78 is 5.67. The molecule has 0 bridgehead atoms. The summed E-state index contributed by atoms with van der Waals surface area (Å²) in [6.07, 6.45) is 0.198. The van der Waals surface area contributed by atoms with E-state index in [9.17, 15) is 9.90 Å². The summed E-state index contributed by atoms with van der Waals surface area (Å²) in [5, 5.41) is 14.3. The molecule has 2 heterocycles. The number of nitrogens with one attached hydrogen (secondary N) is 1. The van der Waals surface area contributed by atoms with Crippen LogP contribution < -0.4 is 10.3 Å². The van der Waals surface area contributed by atoms with Crippen molar-refractivity contribution in [1.29, 1.82) is 0 Å². The van der Waals surface area contributed by atoms with Crippen LogP contribution in [0.5, 0.6) is 5.75 Å². The van der Waals surface area contributed by atoms with Crippen molar-refractivity contribution in [2.75, 3.05) is 19.7 Å². The van der Waals surface area contributed by atoms with Gasteiger partial charge in [-0.3, -0.25) is 9.69 Å². The molecule has 0 saturated heterocycles. The molecule has 1 atom stereocenters. The Kier molecular flexibility index (Phi) is 8.24. The first-order valence-electron chi connectivity index (χ1n) is 11.0. The highest BCUT2D eigenvalue weighted by molar-refractivity contribution is 7.17. The normalized spacial score (nSPS) is 12.4. The molecule has 0 aliphatic rings. The first-order valence-corrected chi connectivity index (χ1v) is 12.6. The van der Waals surface area contributed by atoms with Crippen LogP contribution in [0.4, 0.5) is 0 Å². The predicted octanol–water partition coefficient (Wildman–Crippen LogP) is 5.61. The molecule has 0 radical (unpaired) electrons. The minimum atomic E-state index is -0.700. The molecule has 0 amide bonds. The van der Waals surface area contributed by atoms with E-state index in [2.05, 4.69) is 16.8 Å². The Hall–Kier alpha value is -2.42. The number of aliphatic hydroxyl groups excluding tert-OH is 1. The van der Waals surface area contributed by atoms with Crippen molar-refractivity contribution >= 4 is 44.8 Å². The average molecular weight is 518 g/mol. The fourth-order valence-electron chi connectivity index (χ4n) is 3.77. The van der Waals surface area contributed by atoms with Crippen LogP contribution in [0.15, 0.2) is 58.7 Å². The lowest BCUT2D eigenvalue weighted by Gasteiger charge is -2.24. The Morgan fingerprint density at radius 1 is 1.18 bits per heavy atom. The van der Waals surface area contributed by atoms with Crippen LogP contribution in [0.2, 0.25) is 10.0 Å². The van der Waals surface area contributed by atoms with Gasteiger partial charge in [0.15, 0.2) is 0 Å². The summed E-state index contributed by atoms with van der Waals surface area (Å²) in [6, 6.07) is 14.5. The van der Waals surface area contributed by atoms with Gasteiger partial charge in [0.25, 0.3) is 5.56 Å². The SMILES string of the molecule is CCCN(Cc1nc2scc(-c3cccc(Cl)c3)c2c(=O)[nH]1)CC(O)COc1ccc(Cl)cc1. The standard InChI is InChI=1S/C25H25Cl2N3O3S/c1-2-10-30(12-19(31)14-33-20-8-6-17(26)7-9-20)13-22-28-24(32)23-21(15-34-25(23)29-22)16-4-3-5-18(27)11-16/h3-9,11,15,19,31H,2,10,12-14H2,1H3,(H,28,29,32). The van der Waals surface area contributed by atoms with Crippen molar-refractivity contribution in [3.05, 3.63) is 80.1 Å². The van der Waals surface area contributed by atoms with E-state index >= 15 is 0 Å². The average Bonchev–Trinajstić information content (AvgIpc) is 3.23. The molecule has 4 rings (SSSR count). The van der Waals surface area contributed by atoms with Gasteiger partial charge in [-0.15, -0.1) is 11.3 Å². The number of hydrogen-bond donors (Lipinski definition) is 2. The number of hydrogen-bond acceptors (Lipinski definition) is 6. The minimum absolute atomic E-state index is 0.152. The molecule has 2 aromatic heterocycles. The second-order valence-electron chi connectivity index (χ2n) is 8.01. The van der Waals surface area contributed by atoms with Gasteiger partial charge in [0.2, 0.25) is 0 Å². The lowest BCUT2D eigenvalue weighted by molar-refractivity contribution is 0.0647. The summed E-state index contributed by atoms with van der Waals surface area (Å²) in [5.41, 5.74) is 1.53. The Bertz CT molecular complexity index is 1310. The maximum absolute atomic E-state index is 13.0. The predicted molar refractivity (Wildman–Crippen MR) is 139 cm³/mol. The Balaban J connectivity index is 1.46. The molecule has 1 unspecified atom stereocenters.